The minimum absolute atomic E-state index is 0.452. The van der Waals surface area contributed by atoms with Crippen molar-refractivity contribution in [2.24, 2.45) is 5.73 Å². The molecule has 6 nitrogen and oxygen atoms in total. The summed E-state index contributed by atoms with van der Waals surface area (Å²) < 4.78 is 14.6. The van der Waals surface area contributed by atoms with Crippen molar-refractivity contribution in [2.75, 3.05) is 0 Å². The van der Waals surface area contributed by atoms with E-state index in [2.05, 4.69) is 4.85 Å². The highest BCUT2D eigenvalue weighted by molar-refractivity contribution is 6.65. The molecule has 0 aliphatic carbocycles. The van der Waals surface area contributed by atoms with Gasteiger partial charge in [0.05, 0.1) is 23.3 Å². The summed E-state index contributed by atoms with van der Waals surface area (Å²) >= 11 is 0. The van der Waals surface area contributed by atoms with Gasteiger partial charge < -0.3 is 19.6 Å². The normalized spacial score (nSPS) is 17.3. The second-order valence-electron chi connectivity index (χ2n) is 8.72. The highest BCUT2D eigenvalue weighted by atomic mass is 16.7. The second-order valence-corrected chi connectivity index (χ2v) is 8.72. The molecule has 0 unspecified atom stereocenters. The summed E-state index contributed by atoms with van der Waals surface area (Å²) in [6.45, 7) is 17.5. The number of primary amides is 1. The highest BCUT2D eigenvalue weighted by Crippen LogP contribution is 2.38. The van der Waals surface area contributed by atoms with Gasteiger partial charge in [-0.3, -0.25) is 4.79 Å². The van der Waals surface area contributed by atoms with Crippen molar-refractivity contribution in [3.63, 3.8) is 0 Å². The van der Waals surface area contributed by atoms with Gasteiger partial charge in [0.25, 0.3) is 0 Å². The Balaban J connectivity index is 1.91. The predicted octanol–water partition coefficient (Wildman–Crippen LogP) is 3.89. The number of benzene rings is 2. The van der Waals surface area contributed by atoms with E-state index in [9.17, 15) is 4.79 Å². The molecule has 1 aliphatic heterocycles. The third-order valence-electron chi connectivity index (χ3n) is 6.21. The van der Waals surface area contributed by atoms with E-state index in [1.54, 1.807) is 12.1 Å². The standard InChI is InChI=1S/C23H24BN3O3/c1-14-11-20-17(12-19(14)26-6)18(24-29-22(2,3)23(4,5)30-24)13-27(20)16-9-7-15(8-10-16)21(25)28/h7-13H,1-5H3,(H2,25,28). The van der Waals surface area contributed by atoms with Gasteiger partial charge in [0.15, 0.2) is 5.69 Å². The third kappa shape index (κ3) is 3.09. The maximum atomic E-state index is 11.4. The first-order chi connectivity index (χ1) is 14.0. The van der Waals surface area contributed by atoms with E-state index in [0.717, 1.165) is 27.6 Å². The quantitative estimate of drug-likeness (QED) is 0.535. The molecule has 1 amide bonds. The van der Waals surface area contributed by atoms with E-state index in [0.29, 0.717) is 11.3 Å². The maximum absolute atomic E-state index is 11.4. The molecule has 2 heterocycles. The molecule has 1 fully saturated rings. The number of rotatable bonds is 3. The molecule has 0 radical (unpaired) electrons. The Morgan fingerprint density at radius 3 is 2.23 bits per heavy atom. The summed E-state index contributed by atoms with van der Waals surface area (Å²) in [4.78, 5) is 15.1. The van der Waals surface area contributed by atoms with E-state index in [1.807, 2.05) is 69.6 Å². The first-order valence-corrected chi connectivity index (χ1v) is 9.83. The van der Waals surface area contributed by atoms with Crippen molar-refractivity contribution >= 4 is 35.1 Å². The average Bonchev–Trinajstić information content (AvgIpc) is 3.14. The van der Waals surface area contributed by atoms with Gasteiger partial charge in [-0.05, 0) is 82.0 Å². The number of nitrogens with two attached hydrogens (primary N) is 1. The van der Waals surface area contributed by atoms with Crippen molar-refractivity contribution < 1.29 is 14.1 Å². The number of carbonyl (C=O) groups excluding carboxylic acids is 1. The molecule has 1 aromatic heterocycles. The van der Waals surface area contributed by atoms with Gasteiger partial charge >= 0.3 is 7.12 Å². The predicted molar refractivity (Wildman–Crippen MR) is 119 cm³/mol. The van der Waals surface area contributed by atoms with Crippen LogP contribution in [-0.2, 0) is 9.31 Å². The van der Waals surface area contributed by atoms with Crippen LogP contribution < -0.4 is 11.2 Å². The number of nitrogens with zero attached hydrogens (tertiary/aromatic N) is 2. The van der Waals surface area contributed by atoms with Gasteiger partial charge in [-0.1, -0.05) is 0 Å². The maximum Gasteiger partial charge on any atom is 0.497 e. The van der Waals surface area contributed by atoms with Crippen molar-refractivity contribution in [1.82, 2.24) is 4.57 Å². The molecular formula is C23H24BN3O3. The van der Waals surface area contributed by atoms with Crippen molar-refractivity contribution in [2.45, 2.75) is 45.8 Å². The molecule has 30 heavy (non-hydrogen) atoms. The smallest absolute Gasteiger partial charge is 0.399 e. The number of fused-ring (bicyclic) bond motifs is 1. The van der Waals surface area contributed by atoms with Gasteiger partial charge in [-0.15, -0.1) is 0 Å². The van der Waals surface area contributed by atoms with Crippen LogP contribution >= 0.6 is 0 Å². The molecule has 2 aromatic carbocycles. The summed E-state index contributed by atoms with van der Waals surface area (Å²) in [5.41, 5.74) is 9.07. The van der Waals surface area contributed by atoms with Crippen LogP contribution in [-0.4, -0.2) is 28.8 Å². The van der Waals surface area contributed by atoms with Gasteiger partial charge in [-0.25, -0.2) is 4.85 Å². The number of aryl methyl sites for hydroxylation is 1. The monoisotopic (exact) mass is 401 g/mol. The zero-order valence-electron chi connectivity index (χ0n) is 17.8. The fourth-order valence-electron chi connectivity index (χ4n) is 3.67. The topological polar surface area (TPSA) is 70.8 Å². The Kier molecular flexibility index (Phi) is 4.53. The van der Waals surface area contributed by atoms with Crippen LogP contribution in [0.4, 0.5) is 5.69 Å². The van der Waals surface area contributed by atoms with Gasteiger partial charge in [0.2, 0.25) is 5.91 Å². The second kappa shape index (κ2) is 6.73. The molecule has 3 aromatic rings. The Morgan fingerprint density at radius 1 is 1.10 bits per heavy atom. The van der Waals surface area contributed by atoms with E-state index in [4.69, 9.17) is 21.6 Å². The number of carbonyl (C=O) groups is 1. The minimum atomic E-state index is -0.551. The number of amides is 1. The van der Waals surface area contributed by atoms with Crippen LogP contribution in [0.3, 0.4) is 0 Å². The minimum Gasteiger partial charge on any atom is -0.399 e. The molecule has 4 rings (SSSR count). The molecule has 2 N–H and O–H groups in total. The summed E-state index contributed by atoms with van der Waals surface area (Å²) in [7, 11) is -0.551. The lowest BCUT2D eigenvalue weighted by atomic mass is 9.79. The zero-order valence-corrected chi connectivity index (χ0v) is 17.8. The Labute approximate surface area is 176 Å². The summed E-state index contributed by atoms with van der Waals surface area (Å²) in [6.07, 6.45) is 1.99. The molecular weight excluding hydrogens is 377 g/mol. The fourth-order valence-corrected chi connectivity index (χ4v) is 3.67. The zero-order chi connectivity index (χ0) is 21.8. The van der Waals surface area contributed by atoms with Crippen LogP contribution in [0.5, 0.6) is 0 Å². The van der Waals surface area contributed by atoms with E-state index in [-0.39, 0.29) is 0 Å². The van der Waals surface area contributed by atoms with E-state index >= 15 is 0 Å². The van der Waals surface area contributed by atoms with Crippen LogP contribution in [0, 0.1) is 13.5 Å². The van der Waals surface area contributed by atoms with Gasteiger partial charge in [0.1, 0.15) is 0 Å². The van der Waals surface area contributed by atoms with Gasteiger partial charge in [-0.2, -0.15) is 0 Å². The molecule has 0 atom stereocenters. The highest BCUT2D eigenvalue weighted by Gasteiger charge is 2.52. The lowest BCUT2D eigenvalue weighted by Crippen LogP contribution is -2.41. The summed E-state index contributed by atoms with van der Waals surface area (Å²) in [6, 6.07) is 11.0. The average molecular weight is 401 g/mol. The molecule has 7 heteroatoms. The Hall–Kier alpha value is -3.08. The summed E-state index contributed by atoms with van der Waals surface area (Å²) in [5.74, 6) is -0.464. The number of hydrogen-bond acceptors (Lipinski definition) is 3. The molecule has 0 saturated carbocycles. The van der Waals surface area contributed by atoms with Crippen molar-refractivity contribution in [3.8, 4) is 5.69 Å². The fraction of sp³-hybridized carbons (Fsp3) is 0.304. The van der Waals surface area contributed by atoms with Crippen LogP contribution in [0.1, 0.15) is 43.6 Å². The van der Waals surface area contributed by atoms with Crippen molar-refractivity contribution in [3.05, 3.63) is 65.1 Å². The molecule has 0 spiro atoms. The Morgan fingerprint density at radius 2 is 1.70 bits per heavy atom. The number of aromatic nitrogens is 1. The largest absolute Gasteiger partial charge is 0.497 e. The first kappa shape index (κ1) is 20.2. The molecule has 0 bridgehead atoms. The molecule has 1 saturated heterocycles. The molecule has 1 aliphatic rings. The van der Waals surface area contributed by atoms with Crippen LogP contribution in [0.15, 0.2) is 42.6 Å². The van der Waals surface area contributed by atoms with Gasteiger partial charge in [0, 0.05) is 22.9 Å². The summed E-state index contributed by atoms with van der Waals surface area (Å²) in [5, 5.41) is 0.907. The first-order valence-electron chi connectivity index (χ1n) is 9.83. The van der Waals surface area contributed by atoms with Crippen molar-refractivity contribution in [1.29, 1.82) is 0 Å². The lowest BCUT2D eigenvalue weighted by Gasteiger charge is -2.32. The molecule has 152 valence electrons. The SMILES string of the molecule is [C-]#[N+]c1cc2c(B3OC(C)(C)C(C)(C)O3)cn(-c3ccc(C(N)=O)cc3)c2cc1C. The van der Waals surface area contributed by atoms with E-state index in [1.165, 1.54) is 0 Å². The number of hydrogen-bond donors (Lipinski definition) is 1. The Bertz CT molecular complexity index is 1190. The van der Waals surface area contributed by atoms with Crippen LogP contribution in [0.25, 0.3) is 21.4 Å². The van der Waals surface area contributed by atoms with Crippen LogP contribution in [0.2, 0.25) is 0 Å². The lowest BCUT2D eigenvalue weighted by molar-refractivity contribution is 0.00578. The third-order valence-corrected chi connectivity index (χ3v) is 6.21. The van der Waals surface area contributed by atoms with E-state index < -0.39 is 24.2 Å².